The summed E-state index contributed by atoms with van der Waals surface area (Å²) in [7, 11) is -8.04. The first-order chi connectivity index (χ1) is 30.6. The normalized spacial score (nSPS) is 10.2. The first kappa shape index (κ1) is 70.7. The van der Waals surface area contributed by atoms with Gasteiger partial charge in [0, 0.05) is 37.0 Å². The Labute approximate surface area is 424 Å². The number of aliphatic hydroxyl groups excluding tert-OH is 2. The molecule has 0 atom stereocenters. The van der Waals surface area contributed by atoms with Crippen molar-refractivity contribution < 1.29 is 81.5 Å². The Hall–Kier alpha value is -3.89. The van der Waals surface area contributed by atoms with Crippen LogP contribution in [0.5, 0.6) is 11.5 Å². The Morgan fingerprint density at radius 2 is 0.603 bits per heavy atom. The van der Waals surface area contributed by atoms with E-state index in [1.165, 1.54) is 0 Å². The number of phosphoric ester groups is 2. The predicted octanol–water partition coefficient (Wildman–Crippen LogP) is 7.60. The Morgan fingerprint density at radius 3 is 0.691 bits per heavy atom. The quantitative estimate of drug-likeness (QED) is 0.0800. The summed E-state index contributed by atoms with van der Waals surface area (Å²) in [5.41, 5.74) is 11.7. The Balaban J connectivity index is -0.000000370. The summed E-state index contributed by atoms with van der Waals surface area (Å²) in [5.74, 6) is 0.771. The number of nitrogens with zero attached hydrogens (tertiary/aromatic N) is 4. The molecule has 0 aliphatic carbocycles. The van der Waals surface area contributed by atoms with E-state index in [9.17, 15) is 28.7 Å². The van der Waals surface area contributed by atoms with Crippen molar-refractivity contribution in [2.75, 3.05) is 14.2 Å². The Bertz CT molecular complexity index is 1960. The standard InChI is InChI=1S/2C12H19O4P.4C5H8N2.2CH4O.2Co/c2*1-8(2)10-6-5-7-11(9(3)4)12(10)16-17(13,14)15;4*1-4-3-5(2)7-6-4;2*1-2;;/h2*5-9H,1-4H3,(H2,13,14,15);4*3H,1-2H3,(H,6,7);2*2H,1H3;;/q;;;;;;;;2*+2/p-4. The van der Waals surface area contributed by atoms with Crippen molar-refractivity contribution in [2.45, 2.75) is 134 Å². The van der Waals surface area contributed by atoms with Gasteiger partial charge in [-0.2, -0.15) is 20.4 Å². The molecule has 18 nitrogen and oxygen atoms in total. The van der Waals surface area contributed by atoms with Crippen molar-refractivity contribution in [1.29, 1.82) is 0 Å². The van der Waals surface area contributed by atoms with Gasteiger partial charge in [0.15, 0.2) is 0 Å². The van der Waals surface area contributed by atoms with E-state index in [4.69, 9.17) is 10.2 Å². The molecule has 68 heavy (non-hydrogen) atoms. The average Bonchev–Trinajstić information content (AvgIpc) is 4.01. The molecule has 0 saturated heterocycles. The number of benzene rings is 2. The van der Waals surface area contributed by atoms with E-state index < -0.39 is 15.6 Å². The smallest absolute Gasteiger partial charge is 0.780 e. The van der Waals surface area contributed by atoms with Gasteiger partial charge in [-0.25, -0.2) is 0 Å². The molecular weight excluding hydrogens is 1000 g/mol. The number of H-pyrrole nitrogens is 4. The number of aromatic nitrogens is 8. The van der Waals surface area contributed by atoms with Crippen LogP contribution in [0.15, 0.2) is 60.7 Å². The van der Waals surface area contributed by atoms with Crippen LogP contribution in [0.3, 0.4) is 0 Å². The van der Waals surface area contributed by atoms with Gasteiger partial charge in [0.25, 0.3) is 0 Å². The van der Waals surface area contributed by atoms with Crippen LogP contribution in [0.4, 0.5) is 0 Å². The van der Waals surface area contributed by atoms with Crippen molar-refractivity contribution in [1.82, 2.24) is 40.8 Å². The molecule has 0 amide bonds. The van der Waals surface area contributed by atoms with Crippen molar-refractivity contribution in [3.8, 4) is 11.5 Å². The molecule has 4 heterocycles. The third-order valence-electron chi connectivity index (χ3n) is 8.38. The van der Waals surface area contributed by atoms with Gasteiger partial charge < -0.3 is 48.0 Å². The zero-order chi connectivity index (χ0) is 51.5. The summed E-state index contributed by atoms with van der Waals surface area (Å²) in [6.07, 6.45) is 0. The number of hydrogen-bond donors (Lipinski definition) is 6. The summed E-state index contributed by atoms with van der Waals surface area (Å²) < 4.78 is 30.9. The number of hydrogen-bond acceptors (Lipinski definition) is 14. The van der Waals surface area contributed by atoms with Gasteiger partial charge in [0.05, 0.1) is 22.8 Å². The minimum Gasteiger partial charge on any atom is -0.780 e. The van der Waals surface area contributed by atoms with Gasteiger partial charge in [-0.3, -0.25) is 20.4 Å². The van der Waals surface area contributed by atoms with Crippen LogP contribution in [-0.2, 0) is 42.7 Å². The van der Waals surface area contributed by atoms with E-state index >= 15 is 0 Å². The number of aliphatic hydroxyl groups is 2. The molecule has 6 rings (SSSR count). The fraction of sp³-hybridized carbons (Fsp3) is 0.478. The van der Waals surface area contributed by atoms with Crippen LogP contribution >= 0.6 is 15.6 Å². The first-order valence-electron chi connectivity index (χ1n) is 21.1. The molecule has 6 N–H and O–H groups in total. The molecule has 386 valence electrons. The molecule has 6 aromatic rings. The number of aromatic amines is 4. The third kappa shape index (κ3) is 31.3. The summed E-state index contributed by atoms with van der Waals surface area (Å²) in [4.78, 5) is 43.2. The van der Waals surface area contributed by atoms with Crippen LogP contribution in [0.1, 0.15) is 147 Å². The van der Waals surface area contributed by atoms with Gasteiger partial charge in [-0.1, -0.05) is 91.8 Å². The van der Waals surface area contributed by atoms with Crippen molar-refractivity contribution in [3.05, 3.63) is 128 Å². The topological polar surface area (TPSA) is 300 Å². The van der Waals surface area contributed by atoms with Gasteiger partial charge in [0.1, 0.15) is 27.1 Å². The summed E-state index contributed by atoms with van der Waals surface area (Å²) >= 11 is 0. The van der Waals surface area contributed by atoms with Gasteiger partial charge in [-0.15, -0.1) is 0 Å². The molecule has 0 spiro atoms. The molecule has 4 aromatic heterocycles. The van der Waals surface area contributed by atoms with Crippen LogP contribution in [0, 0.1) is 55.4 Å². The maximum atomic E-state index is 10.8. The Kier molecular flexibility index (Phi) is 37.5. The zero-order valence-electron chi connectivity index (χ0n) is 42.6. The molecule has 2 radical (unpaired) electrons. The van der Waals surface area contributed by atoms with Crippen molar-refractivity contribution in [2.24, 2.45) is 0 Å². The maximum Gasteiger partial charge on any atom is 2.00 e. The van der Waals surface area contributed by atoms with E-state index in [0.717, 1.165) is 82.0 Å². The Morgan fingerprint density at radius 1 is 0.426 bits per heavy atom. The third-order valence-corrected chi connectivity index (χ3v) is 9.19. The maximum absolute atomic E-state index is 10.8. The van der Waals surface area contributed by atoms with E-state index in [-0.39, 0.29) is 68.7 Å². The molecule has 0 fully saturated rings. The van der Waals surface area contributed by atoms with E-state index in [0.29, 0.717) is 0 Å². The van der Waals surface area contributed by atoms with Crippen LogP contribution < -0.4 is 28.6 Å². The van der Waals surface area contributed by atoms with Gasteiger partial charge >= 0.3 is 33.6 Å². The monoisotopic (exact) mass is 1080 g/mol. The van der Waals surface area contributed by atoms with Crippen LogP contribution in [0.2, 0.25) is 0 Å². The molecule has 22 heteroatoms. The minimum absolute atomic E-state index is 0. The second-order valence-electron chi connectivity index (χ2n) is 16.0. The predicted molar refractivity (Wildman–Crippen MR) is 254 cm³/mol. The van der Waals surface area contributed by atoms with Gasteiger partial charge in [0.2, 0.25) is 0 Å². The fourth-order valence-electron chi connectivity index (χ4n) is 5.62. The van der Waals surface area contributed by atoms with E-state index in [1.807, 2.05) is 147 Å². The summed E-state index contributed by atoms with van der Waals surface area (Å²) in [5, 5.41) is 40.8. The van der Waals surface area contributed by atoms with Gasteiger partial charge in [-0.05, 0) is 126 Å². The molecule has 0 saturated carbocycles. The largest absolute Gasteiger partial charge is 2.00 e. The summed E-state index contributed by atoms with van der Waals surface area (Å²) in [6, 6.07) is 18.8. The first-order valence-corrected chi connectivity index (χ1v) is 24.0. The summed E-state index contributed by atoms with van der Waals surface area (Å²) in [6.45, 7) is 31.2. The number of aryl methyl sites for hydroxylation is 8. The molecule has 0 aliphatic heterocycles. The molecule has 0 bridgehead atoms. The minimum atomic E-state index is -5.02. The second kappa shape index (κ2) is 36.1. The number of nitrogens with one attached hydrogen (secondary N) is 4. The van der Waals surface area contributed by atoms with E-state index in [2.05, 4.69) is 49.8 Å². The SMILES string of the molecule is CC(C)c1cccc(C(C)C)c1OP(=O)([O-])[O-].CC(C)c1cccc(C(C)C)c1OP(=O)([O-])[O-].CO.CO.Cc1cc(C)[nH]n1.Cc1cc(C)[nH]n1.Cc1cc(C)[nH]n1.Cc1cc(C)[nH]n1.[Co+2].[Co+2]. The van der Waals surface area contributed by atoms with Crippen LogP contribution in [-0.4, -0.2) is 65.2 Å². The van der Waals surface area contributed by atoms with E-state index in [1.54, 1.807) is 24.3 Å². The molecule has 0 aliphatic rings. The molecular formula is C46H74Co2N8O10P2. The number of phosphoric acid groups is 2. The second-order valence-corrected chi connectivity index (χ2v) is 18.2. The number of rotatable bonds is 8. The fourth-order valence-corrected chi connectivity index (χ4v) is 6.49. The average molecular weight is 1080 g/mol. The molecule has 0 unspecified atom stereocenters. The number of para-hydroxylation sites is 2. The zero-order valence-corrected chi connectivity index (χ0v) is 46.5. The van der Waals surface area contributed by atoms with Crippen LogP contribution in [0.25, 0.3) is 0 Å². The van der Waals surface area contributed by atoms with Crippen molar-refractivity contribution in [3.63, 3.8) is 0 Å². The molecule has 2 aromatic carbocycles. The van der Waals surface area contributed by atoms with Crippen molar-refractivity contribution >= 4 is 15.6 Å².